The van der Waals surface area contributed by atoms with Gasteiger partial charge >= 0.3 is 0 Å². The van der Waals surface area contributed by atoms with Gasteiger partial charge < -0.3 is 0 Å². The van der Waals surface area contributed by atoms with E-state index in [1.165, 1.54) is 37.4 Å². The highest BCUT2D eigenvalue weighted by Crippen LogP contribution is 2.22. The van der Waals surface area contributed by atoms with E-state index in [1.807, 2.05) is 0 Å². The molecule has 0 saturated carbocycles. The topological polar surface area (TPSA) is 50.3 Å². The lowest BCUT2D eigenvalue weighted by molar-refractivity contribution is 0.593. The van der Waals surface area contributed by atoms with Crippen LogP contribution in [0.1, 0.15) is 0 Å². The van der Waals surface area contributed by atoms with Gasteiger partial charge in [0.25, 0.3) is 10.0 Å². The third-order valence-corrected chi connectivity index (χ3v) is 4.52. The predicted molar refractivity (Wildman–Crippen MR) is 71.2 cm³/mol. The number of pyridine rings is 1. The fourth-order valence-corrected chi connectivity index (χ4v) is 2.73. The maximum atomic E-state index is 13.1. The first-order valence-electron chi connectivity index (χ1n) is 5.27. The summed E-state index contributed by atoms with van der Waals surface area (Å²) in [5.41, 5.74) is 0.231. The van der Waals surface area contributed by atoms with Gasteiger partial charge in [-0.05, 0) is 30.3 Å². The fourth-order valence-electron chi connectivity index (χ4n) is 1.48. The van der Waals surface area contributed by atoms with Crippen LogP contribution in [0.25, 0.3) is 0 Å². The molecule has 0 atom stereocenters. The van der Waals surface area contributed by atoms with E-state index in [0.717, 1.165) is 16.6 Å². The third-order valence-electron chi connectivity index (χ3n) is 2.53. The zero-order valence-electron chi connectivity index (χ0n) is 9.92. The molecular weight excluding hydrogens is 291 g/mol. The molecule has 0 unspecified atom stereocenters. The molecule has 0 spiro atoms. The molecule has 1 heterocycles. The zero-order chi connectivity index (χ0) is 14.0. The average Bonchev–Trinajstić information content (AvgIpc) is 2.38. The number of sulfonamides is 1. The Balaban J connectivity index is 2.42. The molecule has 0 amide bonds. The molecule has 0 saturated heterocycles. The number of nitrogens with zero attached hydrogens (tertiary/aromatic N) is 2. The van der Waals surface area contributed by atoms with Crippen LogP contribution in [0.3, 0.4) is 0 Å². The second kappa shape index (κ2) is 5.14. The van der Waals surface area contributed by atoms with Gasteiger partial charge in [-0.3, -0.25) is 4.31 Å². The van der Waals surface area contributed by atoms with E-state index in [-0.39, 0.29) is 15.7 Å². The highest BCUT2D eigenvalue weighted by atomic mass is 35.5. The van der Waals surface area contributed by atoms with Crippen molar-refractivity contribution in [3.63, 3.8) is 0 Å². The molecule has 0 fully saturated rings. The van der Waals surface area contributed by atoms with Crippen LogP contribution in [0.4, 0.5) is 10.1 Å². The van der Waals surface area contributed by atoms with Gasteiger partial charge in [-0.1, -0.05) is 17.7 Å². The molecule has 1 aromatic heterocycles. The SMILES string of the molecule is CN(c1cccc(F)c1)S(=O)(=O)c1ccc(Cl)nc1. The molecule has 1 aromatic carbocycles. The van der Waals surface area contributed by atoms with Gasteiger partial charge in [-0.15, -0.1) is 0 Å². The first-order valence-corrected chi connectivity index (χ1v) is 7.09. The lowest BCUT2D eigenvalue weighted by atomic mass is 10.3. The Morgan fingerprint density at radius 1 is 1.26 bits per heavy atom. The predicted octanol–water partition coefficient (Wildman–Crippen LogP) is 2.70. The Labute approximate surface area is 115 Å². The number of hydrogen-bond donors (Lipinski definition) is 0. The highest BCUT2D eigenvalue weighted by Gasteiger charge is 2.21. The first-order chi connectivity index (χ1) is 8.91. The minimum atomic E-state index is -3.78. The molecule has 2 aromatic rings. The van der Waals surface area contributed by atoms with Crippen molar-refractivity contribution in [3.8, 4) is 0 Å². The van der Waals surface area contributed by atoms with Crippen LogP contribution in [0.15, 0.2) is 47.5 Å². The van der Waals surface area contributed by atoms with Crippen molar-refractivity contribution < 1.29 is 12.8 Å². The van der Waals surface area contributed by atoms with Crippen molar-refractivity contribution in [1.29, 1.82) is 0 Å². The summed E-state index contributed by atoms with van der Waals surface area (Å²) in [6, 6.07) is 8.06. The maximum Gasteiger partial charge on any atom is 0.265 e. The van der Waals surface area contributed by atoms with Crippen LogP contribution in [-0.4, -0.2) is 20.4 Å². The lowest BCUT2D eigenvalue weighted by Crippen LogP contribution is -2.26. The van der Waals surface area contributed by atoms with Gasteiger partial charge in [0.1, 0.15) is 15.9 Å². The highest BCUT2D eigenvalue weighted by molar-refractivity contribution is 7.92. The van der Waals surface area contributed by atoms with Crippen LogP contribution >= 0.6 is 11.6 Å². The molecule has 0 aliphatic heterocycles. The molecule has 4 nitrogen and oxygen atoms in total. The van der Waals surface area contributed by atoms with Gasteiger partial charge in [0.05, 0.1) is 5.69 Å². The maximum absolute atomic E-state index is 13.1. The molecule has 0 bridgehead atoms. The van der Waals surface area contributed by atoms with Gasteiger partial charge in [0.15, 0.2) is 0 Å². The van der Waals surface area contributed by atoms with E-state index >= 15 is 0 Å². The summed E-state index contributed by atoms with van der Waals surface area (Å²) in [6.45, 7) is 0. The number of benzene rings is 1. The Kier molecular flexibility index (Phi) is 3.73. The van der Waals surface area contributed by atoms with Crippen molar-refractivity contribution in [2.45, 2.75) is 4.90 Å². The van der Waals surface area contributed by atoms with Crippen molar-refractivity contribution in [3.05, 3.63) is 53.6 Å². The minimum absolute atomic E-state index is 0.0105. The molecule has 100 valence electrons. The Bertz CT molecular complexity index is 689. The second-order valence-corrected chi connectivity index (χ2v) is 6.13. The van der Waals surface area contributed by atoms with Crippen LogP contribution < -0.4 is 4.31 Å². The largest absolute Gasteiger partial charge is 0.269 e. The Hall–Kier alpha value is -1.66. The molecule has 0 aliphatic carbocycles. The standard InChI is InChI=1S/C12H10ClFN2O2S/c1-16(10-4-2-3-9(14)7-10)19(17,18)11-5-6-12(13)15-8-11/h2-8H,1H3. The summed E-state index contributed by atoms with van der Waals surface area (Å²) in [5.74, 6) is -0.506. The molecule has 0 aliphatic rings. The van der Waals surface area contributed by atoms with Gasteiger partial charge in [0, 0.05) is 13.2 Å². The number of halogens is 2. The van der Waals surface area contributed by atoms with Crippen molar-refractivity contribution in [1.82, 2.24) is 4.98 Å². The summed E-state index contributed by atoms with van der Waals surface area (Å²) >= 11 is 5.61. The summed E-state index contributed by atoms with van der Waals surface area (Å²) < 4.78 is 38.7. The summed E-state index contributed by atoms with van der Waals surface area (Å²) in [6.07, 6.45) is 1.16. The van der Waals surface area contributed by atoms with Gasteiger partial charge in [-0.25, -0.2) is 17.8 Å². The Morgan fingerprint density at radius 2 is 2.00 bits per heavy atom. The van der Waals surface area contributed by atoms with Crippen molar-refractivity contribution in [2.24, 2.45) is 0 Å². The van der Waals surface area contributed by atoms with E-state index in [4.69, 9.17) is 11.6 Å². The van der Waals surface area contributed by atoms with E-state index in [0.29, 0.717) is 0 Å². The van der Waals surface area contributed by atoms with Crippen LogP contribution in [-0.2, 0) is 10.0 Å². The number of hydrogen-bond acceptors (Lipinski definition) is 3. The fraction of sp³-hybridized carbons (Fsp3) is 0.0833. The minimum Gasteiger partial charge on any atom is -0.269 e. The zero-order valence-corrected chi connectivity index (χ0v) is 11.5. The van der Waals surface area contributed by atoms with Crippen LogP contribution in [0, 0.1) is 5.82 Å². The molecule has 0 radical (unpaired) electrons. The number of rotatable bonds is 3. The van der Waals surface area contributed by atoms with Crippen molar-refractivity contribution in [2.75, 3.05) is 11.4 Å². The monoisotopic (exact) mass is 300 g/mol. The van der Waals surface area contributed by atoms with E-state index in [2.05, 4.69) is 4.98 Å². The molecular formula is C12H10ClFN2O2S. The van der Waals surface area contributed by atoms with E-state index in [9.17, 15) is 12.8 Å². The van der Waals surface area contributed by atoms with E-state index < -0.39 is 15.8 Å². The third kappa shape index (κ3) is 2.85. The quantitative estimate of drug-likeness (QED) is 0.819. The van der Waals surface area contributed by atoms with Gasteiger partial charge in [0.2, 0.25) is 0 Å². The average molecular weight is 301 g/mol. The summed E-state index contributed by atoms with van der Waals surface area (Å²) in [4.78, 5) is 3.71. The number of aromatic nitrogens is 1. The molecule has 2 rings (SSSR count). The lowest BCUT2D eigenvalue weighted by Gasteiger charge is -2.19. The molecule has 19 heavy (non-hydrogen) atoms. The van der Waals surface area contributed by atoms with Gasteiger partial charge in [-0.2, -0.15) is 0 Å². The van der Waals surface area contributed by atoms with Crippen molar-refractivity contribution >= 4 is 27.3 Å². The molecule has 7 heteroatoms. The number of anilines is 1. The first kappa shape index (κ1) is 13.8. The normalized spacial score (nSPS) is 11.3. The second-order valence-electron chi connectivity index (χ2n) is 3.77. The van der Waals surface area contributed by atoms with Crippen LogP contribution in [0.5, 0.6) is 0 Å². The Morgan fingerprint density at radius 3 is 2.58 bits per heavy atom. The van der Waals surface area contributed by atoms with E-state index in [1.54, 1.807) is 0 Å². The summed E-state index contributed by atoms with van der Waals surface area (Å²) in [7, 11) is -2.43. The molecule has 0 N–H and O–H groups in total. The summed E-state index contributed by atoms with van der Waals surface area (Å²) in [5, 5.41) is 0.201. The smallest absolute Gasteiger partial charge is 0.265 e. The van der Waals surface area contributed by atoms with Crippen LogP contribution in [0.2, 0.25) is 5.15 Å².